The molecule has 1 fully saturated rings. The predicted octanol–water partition coefficient (Wildman–Crippen LogP) is 3.85. The van der Waals surface area contributed by atoms with E-state index in [0.29, 0.717) is 18.3 Å². The summed E-state index contributed by atoms with van der Waals surface area (Å²) in [5.41, 5.74) is 1.08. The second-order valence-corrected chi connectivity index (χ2v) is 4.95. The molecule has 0 radical (unpaired) electrons. The molecule has 0 unspecified atom stereocenters. The molecule has 3 rings (SSSR count). The van der Waals surface area contributed by atoms with Gasteiger partial charge in [-0.3, -0.25) is 0 Å². The number of halogens is 3. The van der Waals surface area contributed by atoms with Crippen LogP contribution in [0.25, 0.3) is 0 Å². The Kier molecular flexibility index (Phi) is 3.16. The number of nitrogens with zero attached hydrogens (tertiary/aromatic N) is 2. The molecule has 20 heavy (non-hydrogen) atoms. The number of alkyl halides is 3. The maximum atomic E-state index is 12.4. The summed E-state index contributed by atoms with van der Waals surface area (Å²) < 4.78 is 39.5. The van der Waals surface area contributed by atoms with Crippen molar-refractivity contribution in [1.29, 1.82) is 0 Å². The number of hydrogen-bond donors (Lipinski definition) is 1. The van der Waals surface area contributed by atoms with Crippen LogP contribution in [0.4, 0.5) is 18.9 Å². The van der Waals surface area contributed by atoms with Crippen LogP contribution in [0, 0.1) is 0 Å². The lowest BCUT2D eigenvalue weighted by Crippen LogP contribution is -2.07. The first-order valence-corrected chi connectivity index (χ1v) is 6.46. The molecule has 1 heterocycles. The first kappa shape index (κ1) is 13.0. The summed E-state index contributed by atoms with van der Waals surface area (Å²) in [4.78, 5) is 4.12. The Hall–Kier alpha value is -1.98. The third kappa shape index (κ3) is 2.79. The van der Waals surface area contributed by atoms with Crippen molar-refractivity contribution in [2.24, 2.45) is 0 Å². The van der Waals surface area contributed by atoms with Crippen LogP contribution >= 0.6 is 0 Å². The molecule has 0 spiro atoms. The minimum absolute atomic E-state index is 0.543. The summed E-state index contributed by atoms with van der Waals surface area (Å²) in [7, 11) is 0. The van der Waals surface area contributed by atoms with Gasteiger partial charge in [0.15, 0.2) is 0 Å². The van der Waals surface area contributed by atoms with Gasteiger partial charge >= 0.3 is 6.18 Å². The molecular weight excluding hydrogens is 267 g/mol. The van der Waals surface area contributed by atoms with Gasteiger partial charge in [-0.25, -0.2) is 4.98 Å². The molecule has 0 atom stereocenters. The minimum Gasteiger partial charge on any atom is -0.379 e. The van der Waals surface area contributed by atoms with E-state index >= 15 is 0 Å². The summed E-state index contributed by atoms with van der Waals surface area (Å²) in [5.74, 6) is 0. The van der Waals surface area contributed by atoms with Gasteiger partial charge in [-0.1, -0.05) is 0 Å². The van der Waals surface area contributed by atoms with E-state index in [-0.39, 0.29) is 0 Å². The van der Waals surface area contributed by atoms with Gasteiger partial charge in [-0.15, -0.1) is 0 Å². The van der Waals surface area contributed by atoms with Crippen LogP contribution in [0.15, 0.2) is 36.8 Å². The highest BCUT2D eigenvalue weighted by Gasteiger charge is 2.30. The van der Waals surface area contributed by atoms with E-state index in [0.717, 1.165) is 17.8 Å². The Labute approximate surface area is 114 Å². The molecule has 1 aromatic heterocycles. The molecule has 3 nitrogen and oxygen atoms in total. The lowest BCUT2D eigenvalue weighted by molar-refractivity contribution is -0.137. The van der Waals surface area contributed by atoms with Crippen LogP contribution in [0.5, 0.6) is 0 Å². The van der Waals surface area contributed by atoms with E-state index in [1.807, 2.05) is 0 Å². The number of imidazole rings is 1. The fourth-order valence-corrected chi connectivity index (χ4v) is 2.12. The molecule has 1 aromatic carbocycles. The van der Waals surface area contributed by atoms with E-state index in [1.54, 1.807) is 12.5 Å². The highest BCUT2D eigenvalue weighted by Crippen LogP contribution is 2.35. The van der Waals surface area contributed by atoms with Crippen LogP contribution in [0.1, 0.15) is 30.1 Å². The third-order valence-corrected chi connectivity index (χ3v) is 3.37. The SMILES string of the molecule is FC(F)(F)c1ccc(NCc2cncn2C2CC2)cc1. The lowest BCUT2D eigenvalue weighted by Gasteiger charge is -2.11. The van der Waals surface area contributed by atoms with Crippen molar-refractivity contribution in [1.82, 2.24) is 9.55 Å². The average molecular weight is 281 g/mol. The smallest absolute Gasteiger partial charge is 0.379 e. The standard InChI is InChI=1S/C14H14F3N3/c15-14(16,17)10-1-3-11(4-2-10)19-8-13-7-18-9-20(13)12-5-6-12/h1-4,7,9,12,19H,5-6,8H2. The monoisotopic (exact) mass is 281 g/mol. The van der Waals surface area contributed by atoms with Crippen LogP contribution in [-0.4, -0.2) is 9.55 Å². The number of aromatic nitrogens is 2. The Bertz CT molecular complexity index is 582. The summed E-state index contributed by atoms with van der Waals surface area (Å²) in [5, 5.41) is 3.12. The highest BCUT2D eigenvalue weighted by molar-refractivity contribution is 5.45. The second-order valence-electron chi connectivity index (χ2n) is 4.95. The van der Waals surface area contributed by atoms with Crippen molar-refractivity contribution in [2.75, 3.05) is 5.32 Å². The normalized spacial score (nSPS) is 15.3. The van der Waals surface area contributed by atoms with Gasteiger partial charge in [-0.05, 0) is 37.1 Å². The van der Waals surface area contributed by atoms with E-state index in [2.05, 4.69) is 14.9 Å². The van der Waals surface area contributed by atoms with Crippen LogP contribution in [0.2, 0.25) is 0 Å². The first-order valence-electron chi connectivity index (χ1n) is 6.46. The topological polar surface area (TPSA) is 29.9 Å². The number of benzene rings is 1. The molecule has 1 aliphatic carbocycles. The molecule has 0 saturated heterocycles. The summed E-state index contributed by atoms with van der Waals surface area (Å²) >= 11 is 0. The fraction of sp³-hybridized carbons (Fsp3) is 0.357. The Morgan fingerprint density at radius 1 is 1.20 bits per heavy atom. The molecule has 0 amide bonds. The molecule has 1 aliphatic rings. The Morgan fingerprint density at radius 3 is 2.50 bits per heavy atom. The third-order valence-electron chi connectivity index (χ3n) is 3.37. The number of hydrogen-bond acceptors (Lipinski definition) is 2. The van der Waals surface area contributed by atoms with Crippen molar-refractivity contribution in [3.8, 4) is 0 Å². The molecule has 0 bridgehead atoms. The largest absolute Gasteiger partial charge is 0.416 e. The minimum atomic E-state index is -4.29. The van der Waals surface area contributed by atoms with Crippen molar-refractivity contribution in [3.63, 3.8) is 0 Å². The van der Waals surface area contributed by atoms with Gasteiger partial charge in [-0.2, -0.15) is 13.2 Å². The van der Waals surface area contributed by atoms with Crippen LogP contribution in [0.3, 0.4) is 0 Å². The molecule has 106 valence electrons. The summed E-state index contributed by atoms with van der Waals surface area (Å²) in [6.45, 7) is 0.557. The van der Waals surface area contributed by atoms with Crippen molar-refractivity contribution >= 4 is 5.69 Å². The molecule has 0 aliphatic heterocycles. The average Bonchev–Trinajstić information content (AvgIpc) is 3.15. The quantitative estimate of drug-likeness (QED) is 0.922. The van der Waals surface area contributed by atoms with E-state index < -0.39 is 11.7 Å². The van der Waals surface area contributed by atoms with E-state index in [4.69, 9.17) is 0 Å². The van der Waals surface area contributed by atoms with E-state index in [1.165, 1.54) is 25.0 Å². The summed E-state index contributed by atoms with van der Waals surface area (Å²) in [6.07, 6.45) is 1.65. The highest BCUT2D eigenvalue weighted by atomic mass is 19.4. The zero-order chi connectivity index (χ0) is 14.2. The van der Waals surface area contributed by atoms with Crippen LogP contribution < -0.4 is 5.32 Å². The molecule has 6 heteroatoms. The lowest BCUT2D eigenvalue weighted by atomic mass is 10.2. The number of rotatable bonds is 4. The van der Waals surface area contributed by atoms with Gasteiger partial charge < -0.3 is 9.88 Å². The predicted molar refractivity (Wildman–Crippen MR) is 69.3 cm³/mol. The molecule has 1 N–H and O–H groups in total. The Morgan fingerprint density at radius 2 is 1.90 bits per heavy atom. The molecule has 1 saturated carbocycles. The van der Waals surface area contributed by atoms with Gasteiger partial charge in [0.05, 0.1) is 24.1 Å². The maximum absolute atomic E-state index is 12.4. The maximum Gasteiger partial charge on any atom is 0.416 e. The van der Waals surface area contributed by atoms with Crippen molar-refractivity contribution in [3.05, 3.63) is 48.0 Å². The first-order chi connectivity index (χ1) is 9.54. The fourth-order valence-electron chi connectivity index (χ4n) is 2.12. The van der Waals surface area contributed by atoms with Gasteiger partial charge in [0.2, 0.25) is 0 Å². The van der Waals surface area contributed by atoms with Crippen LogP contribution in [-0.2, 0) is 12.7 Å². The van der Waals surface area contributed by atoms with E-state index in [9.17, 15) is 13.2 Å². The molecule has 2 aromatic rings. The number of nitrogens with one attached hydrogen (secondary N) is 1. The second kappa shape index (κ2) is 4.85. The molecular formula is C14H14F3N3. The van der Waals surface area contributed by atoms with Gasteiger partial charge in [0.1, 0.15) is 0 Å². The zero-order valence-corrected chi connectivity index (χ0v) is 10.7. The Balaban J connectivity index is 1.65. The summed E-state index contributed by atoms with van der Waals surface area (Å²) in [6, 6.07) is 5.60. The number of anilines is 1. The van der Waals surface area contributed by atoms with Gasteiger partial charge in [0, 0.05) is 17.9 Å². The van der Waals surface area contributed by atoms with Crippen molar-refractivity contribution < 1.29 is 13.2 Å². The van der Waals surface area contributed by atoms with Gasteiger partial charge in [0.25, 0.3) is 0 Å². The zero-order valence-electron chi connectivity index (χ0n) is 10.7. The van der Waals surface area contributed by atoms with Crippen molar-refractivity contribution in [2.45, 2.75) is 31.6 Å².